The molecule has 1 heteroatoms. The summed E-state index contributed by atoms with van der Waals surface area (Å²) in [5.74, 6) is 3.04. The lowest BCUT2D eigenvalue weighted by atomic mass is 9.64. The van der Waals surface area contributed by atoms with Crippen molar-refractivity contribution >= 4 is 0 Å². The van der Waals surface area contributed by atoms with E-state index in [1.54, 1.807) is 0 Å². The van der Waals surface area contributed by atoms with Crippen LogP contribution in [-0.4, -0.2) is 11.2 Å². The van der Waals surface area contributed by atoms with Crippen molar-refractivity contribution < 1.29 is 5.11 Å². The van der Waals surface area contributed by atoms with Gasteiger partial charge < -0.3 is 5.11 Å². The van der Waals surface area contributed by atoms with Gasteiger partial charge in [0.2, 0.25) is 0 Å². The van der Waals surface area contributed by atoms with Gasteiger partial charge in [0.25, 0.3) is 0 Å². The lowest BCUT2D eigenvalue weighted by molar-refractivity contribution is -0.0234. The van der Waals surface area contributed by atoms with Crippen molar-refractivity contribution in [1.82, 2.24) is 0 Å². The molecular weight excluding hydrogens is 172 g/mol. The minimum Gasteiger partial charge on any atom is -0.393 e. The van der Waals surface area contributed by atoms with Crippen LogP contribution < -0.4 is 0 Å². The largest absolute Gasteiger partial charge is 0.393 e. The Morgan fingerprint density at radius 3 is 2.50 bits per heavy atom. The van der Waals surface area contributed by atoms with Crippen LogP contribution in [0.15, 0.2) is 0 Å². The Balaban J connectivity index is 2.00. The van der Waals surface area contributed by atoms with E-state index in [-0.39, 0.29) is 6.10 Å². The zero-order valence-corrected chi connectivity index (χ0v) is 9.58. The van der Waals surface area contributed by atoms with Crippen LogP contribution in [-0.2, 0) is 0 Å². The van der Waals surface area contributed by atoms with E-state index < -0.39 is 0 Å². The van der Waals surface area contributed by atoms with E-state index in [1.807, 2.05) is 0 Å². The quantitative estimate of drug-likeness (QED) is 0.682. The molecule has 0 radical (unpaired) electrons. The van der Waals surface area contributed by atoms with Crippen molar-refractivity contribution in [2.75, 3.05) is 0 Å². The van der Waals surface area contributed by atoms with Crippen LogP contribution in [0.4, 0.5) is 0 Å². The van der Waals surface area contributed by atoms with Crippen LogP contribution in [0.3, 0.4) is 0 Å². The van der Waals surface area contributed by atoms with Gasteiger partial charge in [-0.2, -0.15) is 0 Å². The minimum absolute atomic E-state index is 0.0152. The van der Waals surface area contributed by atoms with E-state index in [0.717, 1.165) is 24.2 Å². The Kier molecular flexibility index (Phi) is 3.16. The second kappa shape index (κ2) is 4.22. The molecule has 0 saturated heterocycles. The molecule has 2 rings (SSSR count). The van der Waals surface area contributed by atoms with Crippen molar-refractivity contribution in [3.63, 3.8) is 0 Å². The summed E-state index contributed by atoms with van der Waals surface area (Å²) in [6.45, 7) is 4.61. The van der Waals surface area contributed by atoms with Crippen LogP contribution >= 0.6 is 0 Å². The molecule has 0 spiro atoms. The lowest BCUT2D eigenvalue weighted by Crippen LogP contribution is -2.39. The van der Waals surface area contributed by atoms with Gasteiger partial charge >= 0.3 is 0 Å². The third-order valence-electron chi connectivity index (χ3n) is 4.55. The average Bonchev–Trinajstić information content (AvgIpc) is 2.17. The third-order valence-corrected chi connectivity index (χ3v) is 4.55. The zero-order valence-electron chi connectivity index (χ0n) is 9.58. The van der Waals surface area contributed by atoms with E-state index in [0.29, 0.717) is 5.92 Å². The molecule has 0 aromatic carbocycles. The molecule has 4 atom stereocenters. The molecule has 1 nitrogen and oxygen atoms in total. The van der Waals surface area contributed by atoms with Crippen LogP contribution in [0.1, 0.15) is 52.4 Å². The summed E-state index contributed by atoms with van der Waals surface area (Å²) in [6, 6.07) is 0. The number of aliphatic hydroxyl groups is 1. The molecule has 0 aromatic rings. The summed E-state index contributed by atoms with van der Waals surface area (Å²) in [5, 5.41) is 10.1. The number of rotatable bonds is 1. The SMILES string of the molecule is CC(C)C1CC(O)C2CCCCC2C1. The first kappa shape index (κ1) is 10.5. The van der Waals surface area contributed by atoms with Gasteiger partial charge in [-0.25, -0.2) is 0 Å². The zero-order chi connectivity index (χ0) is 10.1. The van der Waals surface area contributed by atoms with E-state index in [9.17, 15) is 5.11 Å². The van der Waals surface area contributed by atoms with Crippen molar-refractivity contribution in [3.05, 3.63) is 0 Å². The monoisotopic (exact) mass is 196 g/mol. The van der Waals surface area contributed by atoms with Gasteiger partial charge in [0.1, 0.15) is 0 Å². The number of fused-ring (bicyclic) bond motifs is 1. The Labute approximate surface area is 87.9 Å². The van der Waals surface area contributed by atoms with Gasteiger partial charge in [0.05, 0.1) is 6.10 Å². The van der Waals surface area contributed by atoms with Gasteiger partial charge in [-0.1, -0.05) is 33.1 Å². The summed E-state index contributed by atoms with van der Waals surface area (Å²) in [5.41, 5.74) is 0. The number of hydrogen-bond acceptors (Lipinski definition) is 1. The van der Waals surface area contributed by atoms with Gasteiger partial charge in [0, 0.05) is 0 Å². The summed E-state index contributed by atoms with van der Waals surface area (Å²) >= 11 is 0. The average molecular weight is 196 g/mol. The van der Waals surface area contributed by atoms with Crippen LogP contribution in [0.2, 0.25) is 0 Å². The van der Waals surface area contributed by atoms with Gasteiger partial charge in [-0.3, -0.25) is 0 Å². The van der Waals surface area contributed by atoms with Gasteiger partial charge in [-0.15, -0.1) is 0 Å². The van der Waals surface area contributed by atoms with Crippen molar-refractivity contribution in [2.24, 2.45) is 23.7 Å². The van der Waals surface area contributed by atoms with Crippen molar-refractivity contribution in [1.29, 1.82) is 0 Å². The third kappa shape index (κ3) is 1.98. The summed E-state index contributed by atoms with van der Waals surface area (Å²) in [4.78, 5) is 0. The summed E-state index contributed by atoms with van der Waals surface area (Å²) in [7, 11) is 0. The normalized spacial score (nSPS) is 43.7. The number of aliphatic hydroxyl groups excluding tert-OH is 1. The molecule has 1 N–H and O–H groups in total. The first-order valence-electron chi connectivity index (χ1n) is 6.36. The predicted octanol–water partition coefficient (Wildman–Crippen LogP) is 3.22. The van der Waals surface area contributed by atoms with Crippen LogP contribution in [0.5, 0.6) is 0 Å². The first-order valence-corrected chi connectivity index (χ1v) is 6.36. The highest BCUT2D eigenvalue weighted by molar-refractivity contribution is 4.89. The highest BCUT2D eigenvalue weighted by Crippen LogP contribution is 2.44. The predicted molar refractivity (Wildman–Crippen MR) is 59.0 cm³/mol. The number of hydrogen-bond donors (Lipinski definition) is 1. The Hall–Kier alpha value is -0.0400. The maximum Gasteiger partial charge on any atom is 0.0573 e. The van der Waals surface area contributed by atoms with Gasteiger partial charge in [0.15, 0.2) is 0 Å². The highest BCUT2D eigenvalue weighted by atomic mass is 16.3. The maximum absolute atomic E-state index is 10.1. The molecule has 14 heavy (non-hydrogen) atoms. The molecule has 2 aliphatic carbocycles. The molecule has 0 bridgehead atoms. The molecule has 82 valence electrons. The molecule has 2 saturated carbocycles. The van der Waals surface area contributed by atoms with Crippen molar-refractivity contribution in [2.45, 2.75) is 58.5 Å². The second-order valence-electron chi connectivity index (χ2n) is 5.75. The highest BCUT2D eigenvalue weighted by Gasteiger charge is 2.38. The topological polar surface area (TPSA) is 20.2 Å². The summed E-state index contributed by atoms with van der Waals surface area (Å²) < 4.78 is 0. The molecular formula is C13H24O. The van der Waals surface area contributed by atoms with Gasteiger partial charge in [-0.05, 0) is 42.9 Å². The maximum atomic E-state index is 10.1. The second-order valence-corrected chi connectivity index (χ2v) is 5.75. The molecule has 0 amide bonds. The van der Waals surface area contributed by atoms with E-state index in [1.165, 1.54) is 32.1 Å². The van der Waals surface area contributed by atoms with Crippen LogP contribution in [0.25, 0.3) is 0 Å². The Morgan fingerprint density at radius 2 is 1.79 bits per heavy atom. The van der Waals surface area contributed by atoms with Crippen LogP contribution in [0, 0.1) is 23.7 Å². The molecule has 0 heterocycles. The fourth-order valence-electron chi connectivity index (χ4n) is 3.55. The Bertz CT molecular complexity index is 188. The lowest BCUT2D eigenvalue weighted by Gasteiger charge is -2.43. The molecule has 0 aliphatic heterocycles. The fraction of sp³-hybridized carbons (Fsp3) is 1.00. The van der Waals surface area contributed by atoms with E-state index in [2.05, 4.69) is 13.8 Å². The standard InChI is InChI=1S/C13H24O/c1-9(2)11-7-10-5-3-4-6-12(10)13(14)8-11/h9-14H,3-8H2,1-2H3. The Morgan fingerprint density at radius 1 is 1.07 bits per heavy atom. The van der Waals surface area contributed by atoms with E-state index in [4.69, 9.17) is 0 Å². The molecule has 2 fully saturated rings. The molecule has 2 aliphatic rings. The smallest absolute Gasteiger partial charge is 0.0573 e. The van der Waals surface area contributed by atoms with Crippen molar-refractivity contribution in [3.8, 4) is 0 Å². The fourth-order valence-corrected chi connectivity index (χ4v) is 3.55. The van der Waals surface area contributed by atoms with E-state index >= 15 is 0 Å². The molecule has 4 unspecified atom stereocenters. The minimum atomic E-state index is 0.0152. The molecule has 0 aromatic heterocycles. The first-order chi connectivity index (χ1) is 6.68. The summed E-state index contributed by atoms with van der Waals surface area (Å²) in [6.07, 6.45) is 7.89.